The minimum absolute atomic E-state index is 0.166. The van der Waals surface area contributed by atoms with Gasteiger partial charge in [-0.25, -0.2) is 9.97 Å². The van der Waals surface area contributed by atoms with Gasteiger partial charge in [0.25, 0.3) is 0 Å². The third-order valence-corrected chi connectivity index (χ3v) is 3.81. The lowest BCUT2D eigenvalue weighted by molar-refractivity contribution is -0.145. The molecule has 0 spiro atoms. The van der Waals surface area contributed by atoms with E-state index in [1.807, 2.05) is 24.3 Å². The molecular formula is C14H12ClF3N2S. The van der Waals surface area contributed by atoms with Crippen molar-refractivity contribution >= 4 is 23.4 Å². The molecule has 0 aliphatic heterocycles. The molecule has 0 saturated carbocycles. The average Bonchev–Trinajstić information content (AvgIpc) is 2.37. The van der Waals surface area contributed by atoms with Crippen LogP contribution >= 0.6 is 23.4 Å². The highest BCUT2D eigenvalue weighted by atomic mass is 35.5. The first-order valence-electron chi connectivity index (χ1n) is 6.15. The molecule has 0 amide bonds. The monoisotopic (exact) mass is 332 g/mol. The first-order chi connectivity index (χ1) is 9.75. The van der Waals surface area contributed by atoms with Crippen LogP contribution in [0.3, 0.4) is 0 Å². The van der Waals surface area contributed by atoms with Gasteiger partial charge in [0.1, 0.15) is 10.2 Å². The van der Waals surface area contributed by atoms with Gasteiger partial charge in [0.15, 0.2) is 0 Å². The first-order valence-corrected chi connectivity index (χ1v) is 7.35. The van der Waals surface area contributed by atoms with E-state index in [1.54, 1.807) is 0 Å². The summed E-state index contributed by atoms with van der Waals surface area (Å²) in [5.41, 5.74) is 1.16. The van der Waals surface area contributed by atoms with Crippen LogP contribution in [-0.2, 0) is 6.18 Å². The van der Waals surface area contributed by atoms with Gasteiger partial charge in [-0.05, 0) is 23.6 Å². The summed E-state index contributed by atoms with van der Waals surface area (Å²) in [6.07, 6.45) is -4.61. The standard InChI is InChI=1S/C14H12ClF3N2S/c1-8(2)9-3-5-10(6-4-9)21-12-7-11(15)19-13(20-12)14(16,17)18/h3-8H,1-2H3. The lowest BCUT2D eigenvalue weighted by Crippen LogP contribution is -2.11. The zero-order valence-electron chi connectivity index (χ0n) is 11.3. The van der Waals surface area contributed by atoms with Gasteiger partial charge in [-0.15, -0.1) is 0 Å². The molecule has 2 rings (SSSR count). The maximum Gasteiger partial charge on any atom is 0.451 e. The van der Waals surface area contributed by atoms with Crippen LogP contribution in [0.4, 0.5) is 13.2 Å². The summed E-state index contributed by atoms with van der Waals surface area (Å²) in [6, 6.07) is 8.91. The van der Waals surface area contributed by atoms with Crippen LogP contribution in [-0.4, -0.2) is 9.97 Å². The van der Waals surface area contributed by atoms with Gasteiger partial charge in [-0.1, -0.05) is 49.3 Å². The van der Waals surface area contributed by atoms with Crippen molar-refractivity contribution in [3.8, 4) is 0 Å². The molecule has 21 heavy (non-hydrogen) atoms. The Kier molecular flexibility index (Phi) is 4.78. The molecular weight excluding hydrogens is 321 g/mol. The molecule has 0 N–H and O–H groups in total. The van der Waals surface area contributed by atoms with Crippen LogP contribution in [0, 0.1) is 0 Å². The molecule has 0 unspecified atom stereocenters. The number of benzene rings is 1. The van der Waals surface area contributed by atoms with Crippen molar-refractivity contribution in [3.05, 3.63) is 46.9 Å². The Bertz CT molecular complexity index is 627. The first kappa shape index (κ1) is 16.1. The van der Waals surface area contributed by atoms with Gasteiger partial charge in [-0.2, -0.15) is 13.2 Å². The zero-order chi connectivity index (χ0) is 15.6. The summed E-state index contributed by atoms with van der Waals surface area (Å²) in [5, 5.41) is -0.0572. The average molecular weight is 333 g/mol. The Morgan fingerprint density at radius 3 is 2.24 bits per heavy atom. The third kappa shape index (κ3) is 4.35. The van der Waals surface area contributed by atoms with Gasteiger partial charge in [0, 0.05) is 11.0 Å². The van der Waals surface area contributed by atoms with Gasteiger partial charge in [0.05, 0.1) is 0 Å². The molecule has 2 aromatic rings. The molecule has 1 aromatic heterocycles. The fourth-order valence-corrected chi connectivity index (χ4v) is 2.68. The van der Waals surface area contributed by atoms with E-state index >= 15 is 0 Å². The minimum atomic E-state index is -4.61. The fourth-order valence-electron chi connectivity index (χ4n) is 1.62. The molecule has 0 aliphatic carbocycles. The van der Waals surface area contributed by atoms with Crippen LogP contribution in [0.5, 0.6) is 0 Å². The van der Waals surface area contributed by atoms with Crippen LogP contribution in [0.1, 0.15) is 31.2 Å². The van der Waals surface area contributed by atoms with E-state index in [2.05, 4.69) is 23.8 Å². The highest BCUT2D eigenvalue weighted by molar-refractivity contribution is 7.99. The smallest absolute Gasteiger partial charge is 0.217 e. The molecule has 1 aromatic carbocycles. The minimum Gasteiger partial charge on any atom is -0.217 e. The summed E-state index contributed by atoms with van der Waals surface area (Å²) in [4.78, 5) is 7.49. The summed E-state index contributed by atoms with van der Waals surface area (Å²) in [5.74, 6) is -0.828. The lowest BCUT2D eigenvalue weighted by atomic mass is 10.0. The number of alkyl halides is 3. The Morgan fingerprint density at radius 1 is 1.10 bits per heavy atom. The topological polar surface area (TPSA) is 25.8 Å². The van der Waals surface area contributed by atoms with Crippen LogP contribution < -0.4 is 0 Å². The van der Waals surface area contributed by atoms with Crippen LogP contribution in [0.15, 0.2) is 40.3 Å². The second-order valence-electron chi connectivity index (χ2n) is 4.68. The van der Waals surface area contributed by atoms with Crippen molar-refractivity contribution < 1.29 is 13.2 Å². The van der Waals surface area contributed by atoms with E-state index in [9.17, 15) is 13.2 Å². The Hall–Kier alpha value is -1.27. The molecule has 2 nitrogen and oxygen atoms in total. The predicted octanol–water partition coefficient (Wildman–Crippen LogP) is 5.42. The Labute approximate surface area is 129 Å². The van der Waals surface area contributed by atoms with Crippen molar-refractivity contribution in [2.45, 2.75) is 35.9 Å². The van der Waals surface area contributed by atoms with Gasteiger partial charge in [0.2, 0.25) is 5.82 Å². The second-order valence-corrected chi connectivity index (χ2v) is 6.16. The van der Waals surface area contributed by atoms with E-state index in [0.717, 1.165) is 22.2 Å². The maximum atomic E-state index is 12.6. The van der Waals surface area contributed by atoms with Crippen LogP contribution in [0.2, 0.25) is 5.15 Å². The molecule has 0 bridgehead atoms. The third-order valence-electron chi connectivity index (χ3n) is 2.69. The van der Waals surface area contributed by atoms with Crippen molar-refractivity contribution in [1.82, 2.24) is 9.97 Å². The summed E-state index contributed by atoms with van der Waals surface area (Å²) in [7, 11) is 0. The molecule has 0 atom stereocenters. The van der Waals surface area contributed by atoms with E-state index in [0.29, 0.717) is 5.92 Å². The highest BCUT2D eigenvalue weighted by Crippen LogP contribution is 2.32. The zero-order valence-corrected chi connectivity index (χ0v) is 12.9. The predicted molar refractivity (Wildman–Crippen MR) is 76.7 cm³/mol. The van der Waals surface area contributed by atoms with Crippen molar-refractivity contribution in [2.24, 2.45) is 0 Å². The molecule has 7 heteroatoms. The van der Waals surface area contributed by atoms with Crippen LogP contribution in [0.25, 0.3) is 0 Å². The number of aromatic nitrogens is 2. The normalized spacial score (nSPS) is 12.0. The highest BCUT2D eigenvalue weighted by Gasteiger charge is 2.35. The molecule has 1 heterocycles. The van der Waals surface area contributed by atoms with E-state index in [1.165, 1.54) is 6.07 Å². The molecule has 0 aliphatic rings. The second kappa shape index (κ2) is 6.23. The molecule has 0 saturated heterocycles. The van der Waals surface area contributed by atoms with Gasteiger partial charge < -0.3 is 0 Å². The summed E-state index contributed by atoms with van der Waals surface area (Å²) < 4.78 is 37.9. The molecule has 0 radical (unpaired) electrons. The fraction of sp³-hybridized carbons (Fsp3) is 0.286. The largest absolute Gasteiger partial charge is 0.451 e. The van der Waals surface area contributed by atoms with E-state index < -0.39 is 12.0 Å². The molecule has 0 fully saturated rings. The quantitative estimate of drug-likeness (QED) is 0.701. The van der Waals surface area contributed by atoms with Crippen molar-refractivity contribution in [1.29, 1.82) is 0 Å². The van der Waals surface area contributed by atoms with Crippen molar-refractivity contribution in [2.75, 3.05) is 0 Å². The van der Waals surface area contributed by atoms with Gasteiger partial charge >= 0.3 is 6.18 Å². The number of nitrogens with zero attached hydrogens (tertiary/aromatic N) is 2. The summed E-state index contributed by atoms with van der Waals surface area (Å²) in [6.45, 7) is 4.14. The number of hydrogen-bond acceptors (Lipinski definition) is 3. The molecule has 112 valence electrons. The number of hydrogen-bond donors (Lipinski definition) is 0. The van der Waals surface area contributed by atoms with E-state index in [-0.39, 0.29) is 10.2 Å². The SMILES string of the molecule is CC(C)c1ccc(Sc2cc(Cl)nc(C(F)(F)F)n2)cc1. The Balaban J connectivity index is 2.25. The Morgan fingerprint density at radius 2 is 1.71 bits per heavy atom. The van der Waals surface area contributed by atoms with E-state index in [4.69, 9.17) is 11.6 Å². The van der Waals surface area contributed by atoms with Crippen molar-refractivity contribution in [3.63, 3.8) is 0 Å². The number of rotatable bonds is 3. The maximum absolute atomic E-state index is 12.6. The lowest BCUT2D eigenvalue weighted by Gasteiger charge is -2.09. The van der Waals surface area contributed by atoms with Gasteiger partial charge in [-0.3, -0.25) is 0 Å². The summed E-state index contributed by atoms with van der Waals surface area (Å²) >= 11 is 6.74. The number of halogens is 4.